The van der Waals surface area contributed by atoms with Crippen LogP contribution in [0.1, 0.15) is 34.3 Å². The fraction of sp³-hybridized carbons (Fsp3) is 0.200. The molecular formula is C25H25NO4. The maximum Gasteiger partial charge on any atom is 0.220 e. The second-order valence-corrected chi connectivity index (χ2v) is 6.83. The van der Waals surface area contributed by atoms with Gasteiger partial charge in [-0.15, -0.1) is 0 Å². The predicted octanol–water partition coefficient (Wildman–Crippen LogP) is 4.55. The zero-order chi connectivity index (χ0) is 21.2. The Balaban J connectivity index is 1.49. The summed E-state index contributed by atoms with van der Waals surface area (Å²) >= 11 is 0. The SMILES string of the molecule is COc1cc(CNC(=O)CCC(=O)c2ccccc2)ccc1OCc1ccccc1. The van der Waals surface area contributed by atoms with Crippen LogP contribution in [0.4, 0.5) is 0 Å². The molecule has 1 N–H and O–H groups in total. The Labute approximate surface area is 176 Å². The van der Waals surface area contributed by atoms with Crippen LogP contribution in [0, 0.1) is 0 Å². The van der Waals surface area contributed by atoms with E-state index in [-0.39, 0.29) is 24.5 Å². The molecule has 0 spiro atoms. The molecule has 0 heterocycles. The predicted molar refractivity (Wildman–Crippen MR) is 116 cm³/mol. The molecule has 0 unspecified atom stereocenters. The molecule has 0 fully saturated rings. The summed E-state index contributed by atoms with van der Waals surface area (Å²) in [6, 6.07) is 24.5. The topological polar surface area (TPSA) is 64.6 Å². The van der Waals surface area contributed by atoms with Gasteiger partial charge in [0.15, 0.2) is 17.3 Å². The van der Waals surface area contributed by atoms with Crippen LogP contribution in [0.15, 0.2) is 78.9 Å². The minimum absolute atomic E-state index is 0.0349. The molecule has 0 bridgehead atoms. The summed E-state index contributed by atoms with van der Waals surface area (Å²) in [6.07, 6.45) is 0.342. The molecule has 0 saturated heterocycles. The Morgan fingerprint density at radius 3 is 2.20 bits per heavy atom. The van der Waals surface area contributed by atoms with Gasteiger partial charge in [0.05, 0.1) is 7.11 Å². The first kappa shape index (κ1) is 21.1. The summed E-state index contributed by atoms with van der Waals surface area (Å²) in [6.45, 7) is 0.802. The molecule has 5 nitrogen and oxygen atoms in total. The molecule has 0 aliphatic carbocycles. The zero-order valence-electron chi connectivity index (χ0n) is 17.0. The van der Waals surface area contributed by atoms with Crippen molar-refractivity contribution in [1.29, 1.82) is 0 Å². The van der Waals surface area contributed by atoms with E-state index < -0.39 is 0 Å². The second kappa shape index (κ2) is 10.8. The van der Waals surface area contributed by atoms with E-state index in [2.05, 4.69) is 5.32 Å². The minimum atomic E-state index is -0.164. The van der Waals surface area contributed by atoms with E-state index in [1.54, 1.807) is 19.2 Å². The number of nitrogens with one attached hydrogen (secondary N) is 1. The summed E-state index contributed by atoms with van der Waals surface area (Å²) < 4.78 is 11.3. The standard InChI is InChI=1S/C25H25NO4/c1-29-24-16-20(12-14-23(24)30-18-19-8-4-2-5-9-19)17-26-25(28)15-13-22(27)21-10-6-3-7-11-21/h2-12,14,16H,13,15,17-18H2,1H3,(H,26,28). The van der Waals surface area contributed by atoms with Gasteiger partial charge < -0.3 is 14.8 Å². The Bertz CT molecular complexity index is 971. The highest BCUT2D eigenvalue weighted by molar-refractivity contribution is 5.97. The lowest BCUT2D eigenvalue weighted by molar-refractivity contribution is -0.121. The average molecular weight is 403 g/mol. The van der Waals surface area contributed by atoms with Gasteiger partial charge in [0.2, 0.25) is 5.91 Å². The van der Waals surface area contributed by atoms with Gasteiger partial charge in [-0.3, -0.25) is 9.59 Å². The molecule has 30 heavy (non-hydrogen) atoms. The molecule has 3 rings (SSSR count). The number of rotatable bonds is 10. The molecule has 0 aromatic heterocycles. The van der Waals surface area contributed by atoms with Crippen LogP contribution in [-0.2, 0) is 17.9 Å². The molecule has 0 aliphatic heterocycles. The molecule has 0 radical (unpaired) electrons. The van der Waals surface area contributed by atoms with Crippen molar-refractivity contribution in [3.8, 4) is 11.5 Å². The van der Waals surface area contributed by atoms with Gasteiger partial charge >= 0.3 is 0 Å². The van der Waals surface area contributed by atoms with Crippen LogP contribution in [-0.4, -0.2) is 18.8 Å². The maximum atomic E-state index is 12.1. The Morgan fingerprint density at radius 1 is 0.800 bits per heavy atom. The third-order valence-corrected chi connectivity index (χ3v) is 4.63. The van der Waals surface area contributed by atoms with Crippen LogP contribution in [0.25, 0.3) is 0 Å². The van der Waals surface area contributed by atoms with Gasteiger partial charge in [0.25, 0.3) is 0 Å². The molecule has 1 amide bonds. The first-order valence-electron chi connectivity index (χ1n) is 9.84. The highest BCUT2D eigenvalue weighted by Gasteiger charge is 2.10. The van der Waals surface area contributed by atoms with Crippen molar-refractivity contribution in [2.75, 3.05) is 7.11 Å². The van der Waals surface area contributed by atoms with E-state index in [0.29, 0.717) is 30.2 Å². The minimum Gasteiger partial charge on any atom is -0.493 e. The van der Waals surface area contributed by atoms with Gasteiger partial charge in [0.1, 0.15) is 6.61 Å². The van der Waals surface area contributed by atoms with Crippen LogP contribution in [0.5, 0.6) is 11.5 Å². The van der Waals surface area contributed by atoms with Crippen molar-refractivity contribution in [2.24, 2.45) is 0 Å². The third kappa shape index (κ3) is 6.21. The van der Waals surface area contributed by atoms with Crippen molar-refractivity contribution in [2.45, 2.75) is 26.0 Å². The van der Waals surface area contributed by atoms with E-state index in [4.69, 9.17) is 9.47 Å². The lowest BCUT2D eigenvalue weighted by Crippen LogP contribution is -2.23. The number of carbonyl (C=O) groups excluding carboxylic acids is 2. The highest BCUT2D eigenvalue weighted by atomic mass is 16.5. The summed E-state index contributed by atoms with van der Waals surface area (Å²) in [5.74, 6) is 1.05. The van der Waals surface area contributed by atoms with Gasteiger partial charge in [0, 0.05) is 24.9 Å². The summed E-state index contributed by atoms with van der Waals surface area (Å²) in [7, 11) is 1.59. The number of ketones is 1. The number of hydrogen-bond acceptors (Lipinski definition) is 4. The van der Waals surface area contributed by atoms with E-state index in [1.165, 1.54) is 0 Å². The molecule has 3 aromatic rings. The Hall–Kier alpha value is -3.60. The summed E-state index contributed by atoms with van der Waals surface area (Å²) in [4.78, 5) is 24.2. The molecule has 0 aliphatic rings. The third-order valence-electron chi connectivity index (χ3n) is 4.63. The lowest BCUT2D eigenvalue weighted by atomic mass is 10.1. The zero-order valence-corrected chi connectivity index (χ0v) is 17.0. The first-order chi connectivity index (χ1) is 14.7. The number of amides is 1. The second-order valence-electron chi connectivity index (χ2n) is 6.83. The van der Waals surface area contributed by atoms with E-state index in [9.17, 15) is 9.59 Å². The summed E-state index contributed by atoms with van der Waals surface area (Å²) in [5.41, 5.74) is 2.59. The van der Waals surface area contributed by atoms with Crippen LogP contribution in [0.3, 0.4) is 0 Å². The van der Waals surface area contributed by atoms with Crippen LogP contribution >= 0.6 is 0 Å². The van der Waals surface area contributed by atoms with Gasteiger partial charge in [-0.25, -0.2) is 0 Å². The molecular weight excluding hydrogens is 378 g/mol. The van der Waals surface area contributed by atoms with E-state index >= 15 is 0 Å². The number of ether oxygens (including phenoxy) is 2. The molecule has 5 heteroatoms. The van der Waals surface area contributed by atoms with Crippen molar-refractivity contribution in [1.82, 2.24) is 5.32 Å². The van der Waals surface area contributed by atoms with Crippen molar-refractivity contribution >= 4 is 11.7 Å². The number of benzene rings is 3. The van der Waals surface area contributed by atoms with Crippen LogP contribution in [0.2, 0.25) is 0 Å². The van der Waals surface area contributed by atoms with Gasteiger partial charge in [-0.1, -0.05) is 66.7 Å². The lowest BCUT2D eigenvalue weighted by Gasteiger charge is -2.13. The van der Waals surface area contributed by atoms with Crippen molar-refractivity contribution in [3.63, 3.8) is 0 Å². The van der Waals surface area contributed by atoms with E-state index in [0.717, 1.165) is 11.1 Å². The van der Waals surface area contributed by atoms with Gasteiger partial charge in [-0.2, -0.15) is 0 Å². The first-order valence-corrected chi connectivity index (χ1v) is 9.84. The van der Waals surface area contributed by atoms with Gasteiger partial charge in [-0.05, 0) is 23.3 Å². The van der Waals surface area contributed by atoms with Crippen molar-refractivity contribution in [3.05, 3.63) is 95.6 Å². The largest absolute Gasteiger partial charge is 0.493 e. The Morgan fingerprint density at radius 2 is 1.50 bits per heavy atom. The fourth-order valence-electron chi connectivity index (χ4n) is 2.96. The highest BCUT2D eigenvalue weighted by Crippen LogP contribution is 2.28. The fourth-order valence-corrected chi connectivity index (χ4v) is 2.96. The van der Waals surface area contributed by atoms with E-state index in [1.807, 2.05) is 66.7 Å². The average Bonchev–Trinajstić information content (AvgIpc) is 2.81. The maximum absolute atomic E-state index is 12.1. The van der Waals surface area contributed by atoms with Crippen molar-refractivity contribution < 1.29 is 19.1 Å². The monoisotopic (exact) mass is 403 g/mol. The summed E-state index contributed by atoms with van der Waals surface area (Å²) in [5, 5.41) is 2.85. The van der Waals surface area contributed by atoms with Crippen LogP contribution < -0.4 is 14.8 Å². The number of Topliss-reactive ketones (excluding diaryl/α,β-unsaturated/α-hetero) is 1. The Kier molecular flexibility index (Phi) is 7.61. The molecule has 3 aromatic carbocycles. The molecule has 154 valence electrons. The number of carbonyl (C=O) groups is 2. The normalized spacial score (nSPS) is 10.3. The number of hydrogen-bond donors (Lipinski definition) is 1. The quantitative estimate of drug-likeness (QED) is 0.504. The molecule has 0 atom stereocenters. The number of methoxy groups -OCH3 is 1. The molecule has 0 saturated carbocycles. The smallest absolute Gasteiger partial charge is 0.220 e.